The van der Waals surface area contributed by atoms with Crippen LogP contribution in [0, 0.1) is 5.41 Å². The highest BCUT2D eigenvalue weighted by Gasteiger charge is 2.10. The second kappa shape index (κ2) is 7.39. The molecule has 0 bridgehead atoms. The molecule has 0 amide bonds. The van der Waals surface area contributed by atoms with Crippen molar-refractivity contribution in [1.29, 1.82) is 5.41 Å². The predicted octanol–water partition coefficient (Wildman–Crippen LogP) is 2.07. The average molecular weight is 309 g/mol. The summed E-state index contributed by atoms with van der Waals surface area (Å²) in [5.74, 6) is 0.0115. The van der Waals surface area contributed by atoms with Gasteiger partial charge in [-0.05, 0) is 24.3 Å². The van der Waals surface area contributed by atoms with Gasteiger partial charge in [0.15, 0.2) is 5.96 Å². The fraction of sp³-hybridized carbons (Fsp3) is 0. The molecule has 21 heavy (non-hydrogen) atoms. The summed E-state index contributed by atoms with van der Waals surface area (Å²) in [6, 6.07) is 19.3. The first-order valence-corrected chi connectivity index (χ1v) is 7.13. The van der Waals surface area contributed by atoms with Crippen LogP contribution in [0.25, 0.3) is 0 Å². The van der Waals surface area contributed by atoms with E-state index in [2.05, 4.69) is 0 Å². The normalized spacial score (nSPS) is 10.2. The summed E-state index contributed by atoms with van der Waals surface area (Å²) in [5, 5.41) is 7.63. The maximum Gasteiger partial charge on any atom is 0.394 e. The van der Waals surface area contributed by atoms with Crippen molar-refractivity contribution in [3.05, 3.63) is 60.7 Å². The smallest absolute Gasteiger partial charge is 0.369 e. The van der Waals surface area contributed by atoms with Crippen LogP contribution in [-0.4, -0.2) is 23.5 Å². The molecule has 7 nitrogen and oxygen atoms in total. The van der Waals surface area contributed by atoms with Gasteiger partial charge in [0, 0.05) is 11.4 Å². The van der Waals surface area contributed by atoms with E-state index in [4.69, 9.17) is 28.7 Å². The molecule has 8 heteroatoms. The maximum atomic E-state index is 8.74. The summed E-state index contributed by atoms with van der Waals surface area (Å²) in [7, 11) is -4.67. The van der Waals surface area contributed by atoms with Crippen LogP contribution in [-0.2, 0) is 10.4 Å². The number of hydrogen-bond donors (Lipinski definition) is 4. The third-order valence-corrected chi connectivity index (χ3v) is 2.27. The zero-order chi connectivity index (χ0) is 15.9. The first-order valence-electron chi connectivity index (χ1n) is 5.73. The van der Waals surface area contributed by atoms with Crippen molar-refractivity contribution in [1.82, 2.24) is 0 Å². The first-order chi connectivity index (χ1) is 9.79. The molecule has 2 aromatic carbocycles. The summed E-state index contributed by atoms with van der Waals surface area (Å²) in [6.07, 6.45) is 0. The van der Waals surface area contributed by atoms with E-state index >= 15 is 0 Å². The standard InChI is InChI=1S/C13H13N3.H2O4S/c14-13(15)16(11-7-3-1-4-8-11)12-9-5-2-6-10-12;1-5(2,3)4/h1-10H,(H3,14,15);(H2,1,2,3,4). The Labute approximate surface area is 122 Å². The summed E-state index contributed by atoms with van der Waals surface area (Å²) >= 11 is 0. The molecule has 0 saturated carbocycles. The monoisotopic (exact) mass is 309 g/mol. The Bertz CT molecular complexity index is 628. The van der Waals surface area contributed by atoms with Gasteiger partial charge in [0.05, 0.1) is 0 Å². The van der Waals surface area contributed by atoms with Gasteiger partial charge in [0.2, 0.25) is 0 Å². The maximum absolute atomic E-state index is 8.74. The Balaban J connectivity index is 0.000000383. The molecule has 0 aromatic heterocycles. The minimum absolute atomic E-state index is 0.0115. The highest BCUT2D eigenvalue weighted by atomic mass is 32.3. The summed E-state index contributed by atoms with van der Waals surface area (Å²) in [4.78, 5) is 1.69. The van der Waals surface area contributed by atoms with Gasteiger partial charge in [-0.25, -0.2) is 0 Å². The molecule has 0 heterocycles. The number of para-hydroxylation sites is 2. The molecule has 0 fully saturated rings. The summed E-state index contributed by atoms with van der Waals surface area (Å²) < 4.78 is 31.6. The number of guanidine groups is 1. The van der Waals surface area contributed by atoms with Crippen molar-refractivity contribution < 1.29 is 17.5 Å². The molecule has 0 unspecified atom stereocenters. The molecular formula is C13H15N3O4S. The molecule has 0 aliphatic carbocycles. The number of nitrogens with two attached hydrogens (primary N) is 1. The minimum Gasteiger partial charge on any atom is -0.369 e. The van der Waals surface area contributed by atoms with Crippen LogP contribution in [0.15, 0.2) is 60.7 Å². The summed E-state index contributed by atoms with van der Waals surface area (Å²) in [5.41, 5.74) is 7.39. The van der Waals surface area contributed by atoms with Gasteiger partial charge in [-0.15, -0.1) is 0 Å². The van der Waals surface area contributed by atoms with Crippen LogP contribution in [0.2, 0.25) is 0 Å². The zero-order valence-electron chi connectivity index (χ0n) is 10.9. The molecule has 0 radical (unpaired) electrons. The van der Waals surface area contributed by atoms with E-state index < -0.39 is 10.4 Å². The van der Waals surface area contributed by atoms with E-state index in [0.717, 1.165) is 11.4 Å². The SMILES string of the molecule is N=C(N)N(c1ccccc1)c1ccccc1.O=S(=O)(O)O. The van der Waals surface area contributed by atoms with Crippen molar-refractivity contribution in [2.45, 2.75) is 0 Å². The van der Waals surface area contributed by atoms with E-state index in [1.54, 1.807) is 4.90 Å². The van der Waals surface area contributed by atoms with Gasteiger partial charge in [-0.2, -0.15) is 8.42 Å². The lowest BCUT2D eigenvalue weighted by molar-refractivity contribution is 0.381. The quantitative estimate of drug-likeness (QED) is 0.382. The van der Waals surface area contributed by atoms with Crippen LogP contribution < -0.4 is 10.6 Å². The molecule has 2 rings (SSSR count). The third kappa shape index (κ3) is 6.52. The Morgan fingerprint density at radius 2 is 1.19 bits per heavy atom. The largest absolute Gasteiger partial charge is 0.394 e. The van der Waals surface area contributed by atoms with Crippen molar-refractivity contribution in [3.63, 3.8) is 0 Å². The Morgan fingerprint density at radius 3 is 1.43 bits per heavy atom. The molecule has 0 atom stereocenters. The fourth-order valence-corrected chi connectivity index (χ4v) is 1.58. The Morgan fingerprint density at radius 1 is 0.905 bits per heavy atom. The fourth-order valence-electron chi connectivity index (χ4n) is 1.58. The zero-order valence-corrected chi connectivity index (χ0v) is 11.7. The van der Waals surface area contributed by atoms with E-state index in [1.165, 1.54) is 0 Å². The molecule has 0 saturated heterocycles. The van der Waals surface area contributed by atoms with Gasteiger partial charge in [-0.1, -0.05) is 36.4 Å². The highest BCUT2D eigenvalue weighted by Crippen LogP contribution is 2.23. The van der Waals surface area contributed by atoms with Gasteiger partial charge < -0.3 is 5.73 Å². The molecule has 2 aromatic rings. The topological polar surface area (TPSA) is 128 Å². The number of nitrogens with one attached hydrogen (secondary N) is 1. The van der Waals surface area contributed by atoms with Gasteiger partial charge in [0.25, 0.3) is 0 Å². The summed E-state index contributed by atoms with van der Waals surface area (Å²) in [6.45, 7) is 0. The van der Waals surface area contributed by atoms with Gasteiger partial charge in [0.1, 0.15) is 0 Å². The number of nitrogens with zero attached hydrogens (tertiary/aromatic N) is 1. The van der Waals surface area contributed by atoms with E-state index in [-0.39, 0.29) is 5.96 Å². The number of benzene rings is 2. The van der Waals surface area contributed by atoms with Gasteiger partial charge >= 0.3 is 10.4 Å². The molecule has 0 aliphatic rings. The van der Waals surface area contributed by atoms with Crippen LogP contribution >= 0.6 is 0 Å². The van der Waals surface area contributed by atoms with Crippen molar-refractivity contribution in [3.8, 4) is 0 Å². The van der Waals surface area contributed by atoms with E-state index in [1.807, 2.05) is 60.7 Å². The Hall–Kier alpha value is -2.42. The Kier molecular flexibility index (Phi) is 5.85. The lowest BCUT2D eigenvalue weighted by atomic mass is 10.2. The minimum atomic E-state index is -4.67. The van der Waals surface area contributed by atoms with Crippen LogP contribution in [0.3, 0.4) is 0 Å². The third-order valence-electron chi connectivity index (χ3n) is 2.27. The number of rotatable bonds is 2. The lowest BCUT2D eigenvalue weighted by Crippen LogP contribution is -2.32. The van der Waals surface area contributed by atoms with Crippen LogP contribution in [0.1, 0.15) is 0 Å². The second-order valence-electron chi connectivity index (χ2n) is 3.84. The molecule has 0 aliphatic heterocycles. The van der Waals surface area contributed by atoms with Crippen LogP contribution in [0.4, 0.5) is 11.4 Å². The van der Waals surface area contributed by atoms with Crippen LogP contribution in [0.5, 0.6) is 0 Å². The first kappa shape index (κ1) is 16.6. The second-order valence-corrected chi connectivity index (χ2v) is 4.74. The molecule has 0 spiro atoms. The number of hydrogen-bond acceptors (Lipinski definition) is 3. The average Bonchev–Trinajstić information content (AvgIpc) is 2.39. The molecule has 5 N–H and O–H groups in total. The predicted molar refractivity (Wildman–Crippen MR) is 81.1 cm³/mol. The number of anilines is 2. The molecular weight excluding hydrogens is 294 g/mol. The van der Waals surface area contributed by atoms with E-state index in [0.29, 0.717) is 0 Å². The van der Waals surface area contributed by atoms with Crippen molar-refractivity contribution in [2.75, 3.05) is 4.90 Å². The van der Waals surface area contributed by atoms with Crippen molar-refractivity contribution >= 4 is 27.7 Å². The van der Waals surface area contributed by atoms with Crippen molar-refractivity contribution in [2.24, 2.45) is 5.73 Å². The lowest BCUT2D eigenvalue weighted by Gasteiger charge is -2.22. The highest BCUT2D eigenvalue weighted by molar-refractivity contribution is 7.79. The van der Waals surface area contributed by atoms with Gasteiger partial charge in [-0.3, -0.25) is 19.4 Å². The van der Waals surface area contributed by atoms with E-state index in [9.17, 15) is 0 Å². The molecule has 112 valence electrons.